The van der Waals surface area contributed by atoms with E-state index in [0.29, 0.717) is 5.56 Å². The second kappa shape index (κ2) is 4.77. The minimum Gasteiger partial charge on any atom is -0.356 e. The Morgan fingerprint density at radius 1 is 1.57 bits per heavy atom. The lowest BCUT2D eigenvalue weighted by molar-refractivity contribution is -0.115. The van der Waals surface area contributed by atoms with E-state index in [2.05, 4.69) is 5.32 Å². The van der Waals surface area contributed by atoms with Gasteiger partial charge in [0, 0.05) is 13.1 Å². The third-order valence-electron chi connectivity index (χ3n) is 1.62. The number of amides is 1. The molecule has 0 aliphatic heterocycles. The Labute approximate surface area is 86.4 Å². The molecule has 0 fully saturated rings. The molecule has 0 heterocycles. The van der Waals surface area contributed by atoms with Gasteiger partial charge in [0.2, 0.25) is 5.91 Å². The summed E-state index contributed by atoms with van der Waals surface area (Å²) >= 11 is 5.49. The molecule has 74 valence electrons. The van der Waals surface area contributed by atoms with Crippen molar-refractivity contribution in [1.29, 1.82) is 0 Å². The van der Waals surface area contributed by atoms with E-state index in [-0.39, 0.29) is 10.9 Å². The SMILES string of the molecule is CNC(=O)C=Cc1ccc(Cl)c(F)c1. The molecule has 0 spiro atoms. The predicted octanol–water partition coefficient (Wildman–Crippen LogP) is 2.24. The Morgan fingerprint density at radius 2 is 2.29 bits per heavy atom. The summed E-state index contributed by atoms with van der Waals surface area (Å²) in [7, 11) is 1.52. The van der Waals surface area contributed by atoms with Crippen LogP contribution in [0.4, 0.5) is 4.39 Å². The highest BCUT2D eigenvalue weighted by Gasteiger charge is 1.98. The molecule has 0 atom stereocenters. The number of nitrogens with one attached hydrogen (secondary N) is 1. The monoisotopic (exact) mass is 213 g/mol. The van der Waals surface area contributed by atoms with E-state index in [4.69, 9.17) is 11.6 Å². The van der Waals surface area contributed by atoms with Crippen molar-refractivity contribution in [2.75, 3.05) is 7.05 Å². The molecule has 0 radical (unpaired) electrons. The molecule has 0 bridgehead atoms. The van der Waals surface area contributed by atoms with E-state index in [9.17, 15) is 9.18 Å². The standard InChI is InChI=1S/C10H9ClFNO/c1-13-10(14)5-3-7-2-4-8(11)9(12)6-7/h2-6H,1H3,(H,13,14). The van der Waals surface area contributed by atoms with Crippen molar-refractivity contribution in [2.24, 2.45) is 0 Å². The second-order valence-electron chi connectivity index (χ2n) is 2.62. The average molecular weight is 214 g/mol. The molecule has 1 rings (SSSR count). The molecular formula is C10H9ClFNO. The van der Waals surface area contributed by atoms with Gasteiger partial charge in [0.1, 0.15) is 5.82 Å². The molecule has 1 N–H and O–H groups in total. The van der Waals surface area contributed by atoms with Crippen molar-refractivity contribution in [2.45, 2.75) is 0 Å². The van der Waals surface area contributed by atoms with Crippen LogP contribution in [0.25, 0.3) is 6.08 Å². The predicted molar refractivity (Wildman–Crippen MR) is 54.5 cm³/mol. The molecule has 1 aromatic carbocycles. The van der Waals surface area contributed by atoms with Crippen LogP contribution in [0.2, 0.25) is 5.02 Å². The molecule has 0 aliphatic carbocycles. The largest absolute Gasteiger partial charge is 0.356 e. The fraction of sp³-hybridized carbons (Fsp3) is 0.100. The van der Waals surface area contributed by atoms with Crippen molar-refractivity contribution in [3.05, 3.63) is 40.7 Å². The van der Waals surface area contributed by atoms with Crippen LogP contribution in [0.1, 0.15) is 5.56 Å². The Morgan fingerprint density at radius 3 is 2.86 bits per heavy atom. The summed E-state index contributed by atoms with van der Waals surface area (Å²) in [6.45, 7) is 0. The molecular weight excluding hydrogens is 205 g/mol. The first-order valence-electron chi connectivity index (χ1n) is 3.98. The molecule has 0 saturated carbocycles. The highest BCUT2D eigenvalue weighted by molar-refractivity contribution is 6.30. The minimum atomic E-state index is -0.495. The Hall–Kier alpha value is -1.35. The summed E-state index contributed by atoms with van der Waals surface area (Å²) in [5.41, 5.74) is 0.593. The third kappa shape index (κ3) is 2.85. The van der Waals surface area contributed by atoms with Crippen molar-refractivity contribution in [1.82, 2.24) is 5.32 Å². The van der Waals surface area contributed by atoms with Crippen molar-refractivity contribution in [3.8, 4) is 0 Å². The number of benzene rings is 1. The topological polar surface area (TPSA) is 29.1 Å². The van der Waals surface area contributed by atoms with Gasteiger partial charge >= 0.3 is 0 Å². The van der Waals surface area contributed by atoms with E-state index in [0.717, 1.165) is 0 Å². The van der Waals surface area contributed by atoms with Crippen molar-refractivity contribution < 1.29 is 9.18 Å². The lowest BCUT2D eigenvalue weighted by atomic mass is 10.2. The second-order valence-corrected chi connectivity index (χ2v) is 3.03. The maximum atomic E-state index is 12.9. The highest BCUT2D eigenvalue weighted by atomic mass is 35.5. The van der Waals surface area contributed by atoms with Gasteiger partial charge in [0.15, 0.2) is 0 Å². The maximum Gasteiger partial charge on any atom is 0.243 e. The molecule has 2 nitrogen and oxygen atoms in total. The average Bonchev–Trinajstić information content (AvgIpc) is 2.19. The lowest BCUT2D eigenvalue weighted by Crippen LogP contribution is -2.13. The van der Waals surface area contributed by atoms with Crippen LogP contribution in [0.3, 0.4) is 0 Å². The molecule has 1 amide bonds. The molecule has 0 unspecified atom stereocenters. The number of hydrogen-bond donors (Lipinski definition) is 1. The van der Waals surface area contributed by atoms with Crippen LogP contribution in [0.15, 0.2) is 24.3 Å². The first-order valence-corrected chi connectivity index (χ1v) is 4.36. The smallest absolute Gasteiger partial charge is 0.243 e. The van der Waals surface area contributed by atoms with Gasteiger partial charge in [-0.25, -0.2) is 4.39 Å². The maximum absolute atomic E-state index is 12.9. The summed E-state index contributed by atoms with van der Waals surface area (Å²) in [4.78, 5) is 10.8. The lowest BCUT2D eigenvalue weighted by Gasteiger charge is -1.96. The fourth-order valence-electron chi connectivity index (χ4n) is 0.871. The van der Waals surface area contributed by atoms with Crippen LogP contribution in [-0.4, -0.2) is 13.0 Å². The van der Waals surface area contributed by atoms with E-state index in [1.54, 1.807) is 6.07 Å². The van der Waals surface area contributed by atoms with Crippen LogP contribution < -0.4 is 5.32 Å². The van der Waals surface area contributed by atoms with Gasteiger partial charge in [-0.05, 0) is 23.8 Å². The summed E-state index contributed by atoms with van der Waals surface area (Å²) in [6, 6.07) is 4.34. The summed E-state index contributed by atoms with van der Waals surface area (Å²) < 4.78 is 12.9. The van der Waals surface area contributed by atoms with E-state index in [1.807, 2.05) is 0 Å². The summed E-state index contributed by atoms with van der Waals surface area (Å²) in [5.74, 6) is -0.730. The minimum absolute atomic E-state index is 0.0714. The molecule has 4 heteroatoms. The quantitative estimate of drug-likeness (QED) is 0.750. The van der Waals surface area contributed by atoms with Crippen LogP contribution in [0.5, 0.6) is 0 Å². The van der Waals surface area contributed by atoms with Gasteiger partial charge < -0.3 is 5.32 Å². The Balaban J connectivity index is 2.83. The highest BCUT2D eigenvalue weighted by Crippen LogP contribution is 2.16. The molecule has 14 heavy (non-hydrogen) atoms. The van der Waals surface area contributed by atoms with Gasteiger partial charge in [-0.1, -0.05) is 17.7 Å². The Kier molecular flexibility index (Phi) is 3.65. The first kappa shape index (κ1) is 10.7. The van der Waals surface area contributed by atoms with Gasteiger partial charge in [0.05, 0.1) is 5.02 Å². The third-order valence-corrected chi connectivity index (χ3v) is 1.92. The van der Waals surface area contributed by atoms with Crippen molar-refractivity contribution in [3.63, 3.8) is 0 Å². The number of carbonyl (C=O) groups excluding carboxylic acids is 1. The van der Waals surface area contributed by atoms with E-state index >= 15 is 0 Å². The molecule has 1 aromatic rings. The molecule has 0 saturated heterocycles. The Bertz CT molecular complexity index is 376. The zero-order chi connectivity index (χ0) is 10.6. The van der Waals surface area contributed by atoms with Crippen LogP contribution in [0, 0.1) is 5.82 Å². The van der Waals surface area contributed by atoms with Crippen molar-refractivity contribution >= 4 is 23.6 Å². The number of carbonyl (C=O) groups is 1. The van der Waals surface area contributed by atoms with E-state index < -0.39 is 5.82 Å². The van der Waals surface area contributed by atoms with E-state index in [1.165, 1.54) is 31.3 Å². The number of hydrogen-bond acceptors (Lipinski definition) is 1. The van der Waals surface area contributed by atoms with Gasteiger partial charge in [-0.15, -0.1) is 0 Å². The zero-order valence-corrected chi connectivity index (χ0v) is 8.31. The first-order chi connectivity index (χ1) is 6.63. The van der Waals surface area contributed by atoms with Crippen LogP contribution in [-0.2, 0) is 4.79 Å². The van der Waals surface area contributed by atoms with Gasteiger partial charge in [-0.3, -0.25) is 4.79 Å². The normalized spacial score (nSPS) is 10.5. The molecule has 0 aliphatic rings. The zero-order valence-electron chi connectivity index (χ0n) is 7.55. The van der Waals surface area contributed by atoms with Gasteiger partial charge in [-0.2, -0.15) is 0 Å². The van der Waals surface area contributed by atoms with Crippen LogP contribution >= 0.6 is 11.6 Å². The summed E-state index contributed by atoms with van der Waals surface area (Å²) in [5, 5.41) is 2.49. The van der Waals surface area contributed by atoms with Gasteiger partial charge in [0.25, 0.3) is 0 Å². The molecule has 0 aromatic heterocycles. The number of likely N-dealkylation sites (N-methyl/N-ethyl adjacent to an activating group) is 1. The fourth-order valence-corrected chi connectivity index (χ4v) is 0.989. The number of halogens is 2. The number of rotatable bonds is 2. The summed E-state index contributed by atoms with van der Waals surface area (Å²) in [6.07, 6.45) is 2.83.